The van der Waals surface area contributed by atoms with Gasteiger partial charge in [0, 0.05) is 30.4 Å². The Morgan fingerprint density at radius 2 is 2.05 bits per heavy atom. The monoisotopic (exact) mass is 324 g/mol. The van der Waals surface area contributed by atoms with Gasteiger partial charge >= 0.3 is 0 Å². The van der Waals surface area contributed by atoms with E-state index in [9.17, 15) is 5.11 Å². The van der Waals surface area contributed by atoms with Crippen LogP contribution >= 0.6 is 11.3 Å². The molecule has 3 rings (SSSR count). The van der Waals surface area contributed by atoms with Gasteiger partial charge < -0.3 is 19.3 Å². The Morgan fingerprint density at radius 3 is 2.64 bits per heavy atom. The van der Waals surface area contributed by atoms with Gasteiger partial charge in [-0.05, 0) is 42.2 Å². The van der Waals surface area contributed by atoms with E-state index in [1.165, 1.54) is 17.6 Å². The number of methoxy groups -OCH3 is 1. The summed E-state index contributed by atoms with van der Waals surface area (Å²) < 4.78 is 16.6. The maximum atomic E-state index is 9.88. The minimum atomic E-state index is -0.854. The van der Waals surface area contributed by atoms with Crippen molar-refractivity contribution in [1.29, 1.82) is 0 Å². The first kappa shape index (κ1) is 16.1. The predicted octanol–water partition coefficient (Wildman–Crippen LogP) is 3.64. The lowest BCUT2D eigenvalue weighted by Crippen LogP contribution is -2.35. The molecule has 1 saturated heterocycles. The van der Waals surface area contributed by atoms with Gasteiger partial charge in [-0.25, -0.2) is 0 Å². The van der Waals surface area contributed by atoms with E-state index in [-0.39, 0.29) is 5.79 Å². The topological polar surface area (TPSA) is 47.9 Å². The van der Waals surface area contributed by atoms with Crippen molar-refractivity contribution >= 4 is 16.9 Å². The summed E-state index contributed by atoms with van der Waals surface area (Å²) in [4.78, 5) is 1.18. The van der Waals surface area contributed by atoms with Crippen LogP contribution < -0.4 is 0 Å². The molecule has 1 aliphatic carbocycles. The summed E-state index contributed by atoms with van der Waals surface area (Å²) in [5.74, 6) is 0.141. The van der Waals surface area contributed by atoms with Crippen LogP contribution in [-0.4, -0.2) is 31.2 Å². The quantitative estimate of drug-likeness (QED) is 0.859. The summed E-state index contributed by atoms with van der Waals surface area (Å²) in [6, 6.07) is 0. The van der Waals surface area contributed by atoms with Gasteiger partial charge in [-0.3, -0.25) is 0 Å². The maximum absolute atomic E-state index is 9.88. The number of aliphatic hydroxyl groups excluding tert-OH is 1. The zero-order valence-corrected chi connectivity index (χ0v) is 14.1. The fourth-order valence-corrected chi connectivity index (χ4v) is 4.65. The average Bonchev–Trinajstić information content (AvgIpc) is 3.14. The molecular formula is C17H24O4S. The molecule has 1 aromatic rings. The summed E-state index contributed by atoms with van der Waals surface area (Å²) >= 11 is 1.64. The first-order valence-electron chi connectivity index (χ1n) is 7.82. The van der Waals surface area contributed by atoms with Gasteiger partial charge in [-0.2, -0.15) is 0 Å². The molecule has 0 bridgehead atoms. The molecule has 122 valence electrons. The first-order valence-corrected chi connectivity index (χ1v) is 8.70. The van der Waals surface area contributed by atoms with E-state index in [0.717, 1.165) is 36.8 Å². The molecule has 22 heavy (non-hydrogen) atoms. The highest BCUT2D eigenvalue weighted by atomic mass is 32.1. The molecule has 1 aliphatic heterocycles. The largest absolute Gasteiger partial charge is 0.364 e. The van der Waals surface area contributed by atoms with Crippen molar-refractivity contribution in [2.45, 2.75) is 44.7 Å². The highest BCUT2D eigenvalue weighted by Gasteiger charge is 2.41. The third kappa shape index (κ3) is 2.88. The zero-order chi connectivity index (χ0) is 15.7. The fourth-order valence-electron chi connectivity index (χ4n) is 3.49. The second-order valence-corrected chi connectivity index (χ2v) is 7.02. The van der Waals surface area contributed by atoms with E-state index in [1.807, 2.05) is 12.3 Å². The molecule has 0 amide bonds. The Bertz CT molecular complexity index is 535. The number of rotatable bonds is 4. The van der Waals surface area contributed by atoms with Crippen molar-refractivity contribution < 1.29 is 19.3 Å². The van der Waals surface area contributed by atoms with E-state index in [0.29, 0.717) is 19.1 Å². The van der Waals surface area contributed by atoms with Gasteiger partial charge in [0.15, 0.2) is 12.1 Å². The van der Waals surface area contributed by atoms with Crippen molar-refractivity contribution in [3.8, 4) is 0 Å². The number of thiophene rings is 1. The smallest absolute Gasteiger partial charge is 0.181 e. The van der Waals surface area contributed by atoms with Crippen molar-refractivity contribution in [3.63, 3.8) is 0 Å². The number of hydrogen-bond acceptors (Lipinski definition) is 5. The van der Waals surface area contributed by atoms with Gasteiger partial charge in [0.1, 0.15) is 0 Å². The van der Waals surface area contributed by atoms with E-state index >= 15 is 0 Å². The van der Waals surface area contributed by atoms with Crippen LogP contribution in [0.1, 0.15) is 48.0 Å². The Balaban J connectivity index is 1.69. The van der Waals surface area contributed by atoms with Crippen molar-refractivity contribution in [2.75, 3.05) is 20.3 Å². The van der Waals surface area contributed by atoms with Crippen LogP contribution in [-0.2, 0) is 14.2 Å². The predicted molar refractivity (Wildman–Crippen MR) is 86.7 cm³/mol. The third-order valence-electron chi connectivity index (χ3n) is 4.91. The Hall–Kier alpha value is -0.720. The lowest BCUT2D eigenvalue weighted by Gasteiger charge is -2.36. The van der Waals surface area contributed by atoms with Crippen molar-refractivity contribution in [2.24, 2.45) is 5.92 Å². The van der Waals surface area contributed by atoms with E-state index in [1.54, 1.807) is 11.3 Å². The first-order chi connectivity index (χ1) is 10.6. The molecule has 1 aromatic heterocycles. The maximum Gasteiger partial charge on any atom is 0.181 e. The highest BCUT2D eigenvalue weighted by molar-refractivity contribution is 7.11. The minimum Gasteiger partial charge on any atom is -0.364 e. The fraction of sp³-hybridized carbons (Fsp3) is 0.647. The van der Waals surface area contributed by atoms with Gasteiger partial charge in [0.25, 0.3) is 0 Å². The third-order valence-corrected chi connectivity index (χ3v) is 6.09. The summed E-state index contributed by atoms with van der Waals surface area (Å²) in [7, 11) is 1.51. The van der Waals surface area contributed by atoms with Crippen LogP contribution in [0, 0.1) is 12.8 Å². The molecule has 1 spiro atoms. The van der Waals surface area contributed by atoms with E-state index in [4.69, 9.17) is 14.2 Å². The van der Waals surface area contributed by atoms with Crippen LogP contribution in [0.25, 0.3) is 5.57 Å². The lowest BCUT2D eigenvalue weighted by molar-refractivity contribution is -0.179. The minimum absolute atomic E-state index is 0.321. The van der Waals surface area contributed by atoms with Crippen LogP contribution in [0.4, 0.5) is 0 Å². The van der Waals surface area contributed by atoms with Gasteiger partial charge in [-0.1, -0.05) is 6.58 Å². The molecule has 2 fully saturated rings. The van der Waals surface area contributed by atoms with E-state index < -0.39 is 6.29 Å². The SMILES string of the molecule is C=C(c1scc(C(O)OC)c1C)C1CCC2(CC1)OCCO2. The summed E-state index contributed by atoms with van der Waals surface area (Å²) in [6.07, 6.45) is 3.10. The number of ether oxygens (including phenoxy) is 3. The Morgan fingerprint density at radius 1 is 1.41 bits per heavy atom. The van der Waals surface area contributed by atoms with Gasteiger partial charge in [0.05, 0.1) is 13.2 Å². The second kappa shape index (κ2) is 6.42. The molecule has 2 heterocycles. The van der Waals surface area contributed by atoms with Crippen LogP contribution in [0.15, 0.2) is 12.0 Å². The Labute approximate surface area is 135 Å². The molecule has 1 atom stereocenters. The lowest BCUT2D eigenvalue weighted by atomic mass is 9.80. The molecular weight excluding hydrogens is 300 g/mol. The summed E-state index contributed by atoms with van der Waals surface area (Å²) in [6.45, 7) is 7.79. The molecule has 1 N–H and O–H groups in total. The molecule has 1 saturated carbocycles. The number of aliphatic hydroxyl groups is 1. The van der Waals surface area contributed by atoms with Crippen LogP contribution in [0.3, 0.4) is 0 Å². The average molecular weight is 324 g/mol. The van der Waals surface area contributed by atoms with Crippen molar-refractivity contribution in [1.82, 2.24) is 0 Å². The zero-order valence-electron chi connectivity index (χ0n) is 13.3. The molecule has 0 radical (unpaired) electrons. The normalized spacial score (nSPS) is 23.0. The Kier molecular flexibility index (Phi) is 4.71. The standard InChI is InChI=1S/C17H24O4S/c1-11(15-12(2)14(10-22-15)16(18)19-3)13-4-6-17(7-5-13)20-8-9-21-17/h10,13,16,18H,1,4-9H2,2-3H3. The number of allylic oxidation sites excluding steroid dienone is 1. The summed E-state index contributed by atoms with van der Waals surface area (Å²) in [5, 5.41) is 11.8. The van der Waals surface area contributed by atoms with Crippen LogP contribution in [0.2, 0.25) is 0 Å². The highest BCUT2D eigenvalue weighted by Crippen LogP contribution is 2.44. The van der Waals surface area contributed by atoms with Crippen molar-refractivity contribution in [3.05, 3.63) is 28.0 Å². The molecule has 1 unspecified atom stereocenters. The van der Waals surface area contributed by atoms with Gasteiger partial charge in [-0.15, -0.1) is 11.3 Å². The molecule has 2 aliphatic rings. The second-order valence-electron chi connectivity index (χ2n) is 6.14. The molecule has 0 aromatic carbocycles. The molecule has 4 nitrogen and oxygen atoms in total. The van der Waals surface area contributed by atoms with E-state index in [2.05, 4.69) is 6.58 Å². The molecule has 5 heteroatoms. The summed E-state index contributed by atoms with van der Waals surface area (Å²) in [5.41, 5.74) is 3.10. The number of hydrogen-bond donors (Lipinski definition) is 1. The van der Waals surface area contributed by atoms with Crippen LogP contribution in [0.5, 0.6) is 0 Å². The van der Waals surface area contributed by atoms with Gasteiger partial charge in [0.2, 0.25) is 0 Å².